The van der Waals surface area contributed by atoms with Crippen molar-refractivity contribution < 1.29 is 15.0 Å². The molecule has 0 aliphatic heterocycles. The van der Waals surface area contributed by atoms with E-state index in [-0.39, 0.29) is 12.2 Å². The highest BCUT2D eigenvalue weighted by atomic mass is 32.2. The Morgan fingerprint density at radius 1 is 1.54 bits per heavy atom. The monoisotopic (exact) mass is 198 g/mol. The predicted octanol–water partition coefficient (Wildman–Crippen LogP) is 1.60. The van der Waals surface area contributed by atoms with Gasteiger partial charge in [-0.3, -0.25) is 0 Å². The molecular formula is C9H10O3S. The summed E-state index contributed by atoms with van der Waals surface area (Å²) in [4.78, 5) is 11.6. The minimum atomic E-state index is -1.00. The first-order chi connectivity index (χ1) is 6.19. The Bertz CT molecular complexity index is 323. The van der Waals surface area contributed by atoms with Crippen LogP contribution in [-0.2, 0) is 6.61 Å². The van der Waals surface area contributed by atoms with Gasteiger partial charge in [-0.05, 0) is 24.0 Å². The van der Waals surface area contributed by atoms with E-state index in [9.17, 15) is 4.79 Å². The van der Waals surface area contributed by atoms with Gasteiger partial charge in [0.2, 0.25) is 0 Å². The Morgan fingerprint density at radius 2 is 2.23 bits per heavy atom. The summed E-state index contributed by atoms with van der Waals surface area (Å²) < 4.78 is 0. The minimum Gasteiger partial charge on any atom is -0.478 e. The molecule has 70 valence electrons. The molecule has 0 amide bonds. The van der Waals surface area contributed by atoms with Crippen LogP contribution in [-0.4, -0.2) is 22.4 Å². The summed E-state index contributed by atoms with van der Waals surface area (Å²) in [5, 5.41) is 17.7. The summed E-state index contributed by atoms with van der Waals surface area (Å²) in [6, 6.07) is 5.00. The van der Waals surface area contributed by atoms with Crippen molar-refractivity contribution in [2.75, 3.05) is 6.26 Å². The van der Waals surface area contributed by atoms with Gasteiger partial charge in [0.05, 0.1) is 12.2 Å². The average molecular weight is 198 g/mol. The second-order valence-electron chi connectivity index (χ2n) is 2.49. The van der Waals surface area contributed by atoms with Gasteiger partial charge in [0, 0.05) is 4.90 Å². The van der Waals surface area contributed by atoms with E-state index in [1.54, 1.807) is 18.2 Å². The number of hydrogen-bond donors (Lipinski definition) is 2. The lowest BCUT2D eigenvalue weighted by molar-refractivity contribution is 0.0693. The molecule has 0 unspecified atom stereocenters. The minimum absolute atomic E-state index is 0.175. The van der Waals surface area contributed by atoms with Crippen LogP contribution < -0.4 is 0 Å². The Hall–Kier alpha value is -1.00. The molecule has 1 aromatic carbocycles. The number of thioether (sulfide) groups is 1. The maximum Gasteiger partial charge on any atom is 0.336 e. The summed E-state index contributed by atoms with van der Waals surface area (Å²) >= 11 is 1.47. The summed E-state index contributed by atoms with van der Waals surface area (Å²) in [7, 11) is 0. The third-order valence-electron chi connectivity index (χ3n) is 1.72. The van der Waals surface area contributed by atoms with E-state index in [0.29, 0.717) is 5.56 Å². The molecule has 0 aromatic heterocycles. The molecule has 0 atom stereocenters. The quantitative estimate of drug-likeness (QED) is 0.724. The first-order valence-corrected chi connectivity index (χ1v) is 4.92. The largest absolute Gasteiger partial charge is 0.478 e. The zero-order valence-electron chi connectivity index (χ0n) is 7.15. The van der Waals surface area contributed by atoms with Crippen LogP contribution in [0.25, 0.3) is 0 Å². The van der Waals surface area contributed by atoms with Gasteiger partial charge in [-0.25, -0.2) is 4.79 Å². The van der Waals surface area contributed by atoms with Gasteiger partial charge in [-0.1, -0.05) is 6.07 Å². The second-order valence-corrected chi connectivity index (χ2v) is 3.37. The molecule has 1 aromatic rings. The van der Waals surface area contributed by atoms with Gasteiger partial charge in [0.15, 0.2) is 0 Å². The zero-order valence-corrected chi connectivity index (χ0v) is 7.97. The lowest BCUT2D eigenvalue weighted by Crippen LogP contribution is -2.02. The van der Waals surface area contributed by atoms with Crippen LogP contribution in [0.15, 0.2) is 23.1 Å². The molecular weight excluding hydrogens is 188 g/mol. The van der Waals surface area contributed by atoms with Gasteiger partial charge >= 0.3 is 5.97 Å². The normalized spacial score (nSPS) is 10.0. The van der Waals surface area contributed by atoms with Gasteiger partial charge in [-0.2, -0.15) is 0 Å². The number of aliphatic hydroxyl groups excluding tert-OH is 1. The van der Waals surface area contributed by atoms with Crippen LogP contribution in [0, 0.1) is 0 Å². The summed E-state index contributed by atoms with van der Waals surface area (Å²) in [6.45, 7) is -0.240. The number of carboxylic acids is 1. The molecule has 13 heavy (non-hydrogen) atoms. The number of aromatic carboxylic acids is 1. The van der Waals surface area contributed by atoms with E-state index in [1.165, 1.54) is 11.8 Å². The smallest absolute Gasteiger partial charge is 0.336 e. The van der Waals surface area contributed by atoms with E-state index >= 15 is 0 Å². The molecule has 0 saturated carbocycles. The molecule has 0 aliphatic rings. The van der Waals surface area contributed by atoms with Crippen LogP contribution in [0.1, 0.15) is 15.9 Å². The Morgan fingerprint density at radius 3 is 2.69 bits per heavy atom. The first kappa shape index (κ1) is 10.1. The third kappa shape index (κ3) is 2.23. The van der Waals surface area contributed by atoms with Crippen LogP contribution in [0.2, 0.25) is 0 Å². The standard InChI is InChI=1S/C9H10O3S/c1-13-7-3-2-6(5-10)8(4-7)9(11)12/h2-4,10H,5H2,1H3,(H,11,12). The number of hydrogen-bond acceptors (Lipinski definition) is 3. The number of aliphatic hydroxyl groups is 1. The highest BCUT2D eigenvalue weighted by Crippen LogP contribution is 2.19. The SMILES string of the molecule is CSc1ccc(CO)c(C(=O)O)c1. The second kappa shape index (κ2) is 4.30. The average Bonchev–Trinajstić information content (AvgIpc) is 2.16. The number of benzene rings is 1. The number of carbonyl (C=O) groups is 1. The highest BCUT2D eigenvalue weighted by Gasteiger charge is 2.09. The highest BCUT2D eigenvalue weighted by molar-refractivity contribution is 7.98. The lowest BCUT2D eigenvalue weighted by atomic mass is 10.1. The fourth-order valence-electron chi connectivity index (χ4n) is 1.02. The van der Waals surface area contributed by atoms with E-state index in [1.807, 2.05) is 6.26 Å². The predicted molar refractivity (Wildman–Crippen MR) is 51.1 cm³/mol. The third-order valence-corrected chi connectivity index (χ3v) is 2.44. The van der Waals surface area contributed by atoms with E-state index in [0.717, 1.165) is 4.90 Å². The molecule has 3 nitrogen and oxygen atoms in total. The fourth-order valence-corrected chi connectivity index (χ4v) is 1.46. The Labute approximate surface area is 80.4 Å². The molecule has 4 heteroatoms. The van der Waals surface area contributed by atoms with Crippen LogP contribution >= 0.6 is 11.8 Å². The van der Waals surface area contributed by atoms with Crippen molar-refractivity contribution in [3.05, 3.63) is 29.3 Å². The molecule has 0 aliphatic carbocycles. The van der Waals surface area contributed by atoms with Crippen molar-refractivity contribution >= 4 is 17.7 Å². The maximum atomic E-state index is 10.7. The molecule has 0 fully saturated rings. The van der Waals surface area contributed by atoms with Crippen LogP contribution in [0.4, 0.5) is 0 Å². The molecule has 2 N–H and O–H groups in total. The van der Waals surface area contributed by atoms with Gasteiger partial charge in [-0.15, -0.1) is 11.8 Å². The van der Waals surface area contributed by atoms with Crippen molar-refractivity contribution in [1.82, 2.24) is 0 Å². The number of rotatable bonds is 3. The molecule has 0 radical (unpaired) electrons. The van der Waals surface area contributed by atoms with Crippen LogP contribution in [0.3, 0.4) is 0 Å². The van der Waals surface area contributed by atoms with E-state index < -0.39 is 5.97 Å². The Balaban J connectivity index is 3.18. The van der Waals surface area contributed by atoms with Crippen molar-refractivity contribution in [2.45, 2.75) is 11.5 Å². The molecule has 0 saturated heterocycles. The Kier molecular flexibility index (Phi) is 3.33. The zero-order chi connectivity index (χ0) is 9.84. The summed E-state index contributed by atoms with van der Waals surface area (Å²) in [5.41, 5.74) is 0.625. The van der Waals surface area contributed by atoms with Crippen molar-refractivity contribution in [2.24, 2.45) is 0 Å². The van der Waals surface area contributed by atoms with Gasteiger partial charge < -0.3 is 10.2 Å². The molecule has 0 heterocycles. The molecule has 1 rings (SSSR count). The van der Waals surface area contributed by atoms with E-state index in [4.69, 9.17) is 10.2 Å². The molecule has 0 bridgehead atoms. The topological polar surface area (TPSA) is 57.5 Å². The van der Waals surface area contributed by atoms with Crippen molar-refractivity contribution in [3.8, 4) is 0 Å². The van der Waals surface area contributed by atoms with Crippen molar-refractivity contribution in [1.29, 1.82) is 0 Å². The first-order valence-electron chi connectivity index (χ1n) is 3.70. The summed E-state index contributed by atoms with van der Waals surface area (Å²) in [6.07, 6.45) is 1.87. The van der Waals surface area contributed by atoms with Crippen molar-refractivity contribution in [3.63, 3.8) is 0 Å². The lowest BCUT2D eigenvalue weighted by Gasteiger charge is -2.04. The fraction of sp³-hybridized carbons (Fsp3) is 0.222. The number of carboxylic acid groups (broad SMARTS) is 1. The van der Waals surface area contributed by atoms with Gasteiger partial charge in [0.25, 0.3) is 0 Å². The van der Waals surface area contributed by atoms with Gasteiger partial charge in [0.1, 0.15) is 0 Å². The van der Waals surface area contributed by atoms with Crippen LogP contribution in [0.5, 0.6) is 0 Å². The summed E-state index contributed by atoms with van der Waals surface area (Å²) in [5.74, 6) is -1.00. The molecule has 0 spiro atoms. The maximum absolute atomic E-state index is 10.7. The van der Waals surface area contributed by atoms with E-state index in [2.05, 4.69) is 0 Å².